The summed E-state index contributed by atoms with van der Waals surface area (Å²) >= 11 is 0. The van der Waals surface area contributed by atoms with E-state index in [-0.39, 0.29) is 0 Å². The molecule has 0 unspecified atom stereocenters. The minimum absolute atomic E-state index is 0.301. The molecular weight excluding hydrogens is 292 g/mol. The Morgan fingerprint density at radius 3 is 2.38 bits per heavy atom. The lowest BCUT2D eigenvalue weighted by atomic mass is 10.0. The van der Waals surface area contributed by atoms with Gasteiger partial charge in [-0.05, 0) is 56.4 Å². The molecule has 1 rings (SSSR count). The van der Waals surface area contributed by atoms with Crippen LogP contribution in [0, 0.1) is 5.92 Å². The monoisotopic (exact) mass is 328 g/mol. The van der Waals surface area contributed by atoms with Crippen LogP contribution in [0.5, 0.6) is 0 Å². The average molecular weight is 329 g/mol. The van der Waals surface area contributed by atoms with Crippen molar-refractivity contribution in [3.8, 4) is 0 Å². The van der Waals surface area contributed by atoms with Crippen LogP contribution in [0.3, 0.4) is 0 Å². The summed E-state index contributed by atoms with van der Waals surface area (Å²) in [6.07, 6.45) is 3.79. The third-order valence-electron chi connectivity index (χ3n) is 5.39. The molecule has 0 amide bonds. The van der Waals surface area contributed by atoms with Gasteiger partial charge in [-0.15, -0.1) is 6.58 Å². The highest BCUT2D eigenvalue weighted by Gasteiger charge is 2.39. The van der Waals surface area contributed by atoms with Gasteiger partial charge >= 0.3 is 0 Å². The van der Waals surface area contributed by atoms with Crippen LogP contribution >= 0.6 is 0 Å². The molecule has 1 fully saturated rings. The van der Waals surface area contributed by atoms with Crippen LogP contribution in [-0.2, 0) is 8.85 Å². The minimum atomic E-state index is -1.67. The van der Waals surface area contributed by atoms with Gasteiger partial charge in [0.15, 0.2) is 8.32 Å². The molecule has 4 heteroatoms. The van der Waals surface area contributed by atoms with Gasteiger partial charge in [-0.3, -0.25) is 0 Å². The highest BCUT2D eigenvalue weighted by molar-refractivity contribution is 6.78. The van der Waals surface area contributed by atoms with E-state index in [2.05, 4.69) is 60.5 Å². The van der Waals surface area contributed by atoms with E-state index in [1.807, 2.05) is 0 Å². The Labute approximate surface area is 134 Å². The van der Waals surface area contributed by atoms with Gasteiger partial charge in [0.05, 0.1) is 0 Å². The molecule has 0 aromatic carbocycles. The summed E-state index contributed by atoms with van der Waals surface area (Å²) in [5, 5.41) is 1.67. The first-order valence-corrected chi connectivity index (χ1v) is 14.2. The van der Waals surface area contributed by atoms with Crippen LogP contribution in [0.25, 0.3) is 0 Å². The van der Waals surface area contributed by atoms with Gasteiger partial charge in [0.25, 0.3) is 0 Å². The maximum atomic E-state index is 6.35. The first-order chi connectivity index (χ1) is 9.37. The van der Waals surface area contributed by atoms with Gasteiger partial charge in [0.2, 0.25) is 8.32 Å². The van der Waals surface area contributed by atoms with Crippen molar-refractivity contribution >= 4 is 16.6 Å². The van der Waals surface area contributed by atoms with Crippen molar-refractivity contribution < 1.29 is 8.85 Å². The fourth-order valence-electron chi connectivity index (χ4n) is 2.70. The van der Waals surface area contributed by atoms with Gasteiger partial charge in [-0.2, -0.15) is 0 Å². The number of hydrogen-bond donors (Lipinski definition) is 0. The maximum Gasteiger partial charge on any atom is 0.214 e. The summed E-state index contributed by atoms with van der Waals surface area (Å²) in [6.45, 7) is 23.5. The van der Waals surface area contributed by atoms with Gasteiger partial charge in [0, 0.05) is 12.7 Å². The molecule has 1 aliphatic rings. The molecule has 21 heavy (non-hydrogen) atoms. The molecule has 2 nitrogen and oxygen atoms in total. The first-order valence-electron chi connectivity index (χ1n) is 8.38. The van der Waals surface area contributed by atoms with Gasteiger partial charge in [-0.25, -0.2) is 0 Å². The second-order valence-electron chi connectivity index (χ2n) is 8.66. The van der Waals surface area contributed by atoms with Crippen molar-refractivity contribution in [3.63, 3.8) is 0 Å². The third-order valence-corrected chi connectivity index (χ3v) is 12.9. The van der Waals surface area contributed by atoms with E-state index in [9.17, 15) is 0 Å². The molecule has 0 aromatic heterocycles. The normalized spacial score (nSPS) is 27.0. The van der Waals surface area contributed by atoms with E-state index in [0.717, 1.165) is 25.9 Å². The fraction of sp³-hybridized carbons (Fsp3) is 0.882. The predicted molar refractivity (Wildman–Crippen MR) is 97.7 cm³/mol. The Kier molecular flexibility index (Phi) is 6.10. The molecule has 124 valence electrons. The fourth-order valence-corrected chi connectivity index (χ4v) is 6.29. The highest BCUT2D eigenvalue weighted by atomic mass is 28.4. The Morgan fingerprint density at radius 1 is 1.33 bits per heavy atom. The van der Waals surface area contributed by atoms with Crippen LogP contribution in [0.4, 0.5) is 0 Å². The molecule has 0 bridgehead atoms. The second kappa shape index (κ2) is 6.69. The van der Waals surface area contributed by atoms with E-state index in [4.69, 9.17) is 8.85 Å². The van der Waals surface area contributed by atoms with Crippen molar-refractivity contribution in [1.29, 1.82) is 0 Å². The second-order valence-corrected chi connectivity index (χ2v) is 17.4. The van der Waals surface area contributed by atoms with Gasteiger partial charge in [-0.1, -0.05) is 32.9 Å². The third kappa shape index (κ3) is 5.05. The maximum absolute atomic E-state index is 6.35. The van der Waals surface area contributed by atoms with Crippen molar-refractivity contribution in [2.24, 2.45) is 5.92 Å². The van der Waals surface area contributed by atoms with E-state index < -0.39 is 16.6 Å². The molecule has 2 atom stereocenters. The number of hydrogen-bond acceptors (Lipinski definition) is 2. The van der Waals surface area contributed by atoms with Crippen LogP contribution in [0.2, 0.25) is 31.2 Å². The van der Waals surface area contributed by atoms with Gasteiger partial charge < -0.3 is 8.85 Å². The smallest absolute Gasteiger partial charge is 0.214 e. The van der Waals surface area contributed by atoms with E-state index in [1.165, 1.54) is 5.20 Å². The average Bonchev–Trinajstić information content (AvgIpc) is 2.30. The topological polar surface area (TPSA) is 18.5 Å². The molecule has 0 spiro atoms. The van der Waals surface area contributed by atoms with E-state index in [0.29, 0.717) is 17.1 Å². The zero-order valence-corrected chi connectivity index (χ0v) is 17.5. The quantitative estimate of drug-likeness (QED) is 0.489. The molecule has 1 saturated heterocycles. The Bertz CT molecular complexity index is 369. The lowest BCUT2D eigenvalue weighted by molar-refractivity contribution is 0.132. The highest BCUT2D eigenvalue weighted by Crippen LogP contribution is 2.37. The van der Waals surface area contributed by atoms with Crippen molar-refractivity contribution in [1.82, 2.24) is 0 Å². The summed E-state index contributed by atoms with van der Waals surface area (Å²) in [4.78, 5) is 0. The van der Waals surface area contributed by atoms with E-state index >= 15 is 0 Å². The summed E-state index contributed by atoms with van der Waals surface area (Å²) < 4.78 is 12.6. The Balaban J connectivity index is 2.39. The SMILES string of the molecule is C=C1[C@H](C)C[C@@H](CCCO[Si](C)(C)C(C)(C)C)O[Si]1(C)C. The lowest BCUT2D eigenvalue weighted by Crippen LogP contribution is -2.45. The predicted octanol–water partition coefficient (Wildman–Crippen LogP) is 5.51. The molecule has 0 saturated carbocycles. The zero-order valence-electron chi connectivity index (χ0n) is 15.5. The minimum Gasteiger partial charge on any atom is -0.417 e. The number of rotatable bonds is 5. The summed E-state index contributed by atoms with van der Waals surface area (Å²) in [6, 6.07) is 0. The standard InChI is InChI=1S/C17H36O2Si2/c1-14-13-16(19-20(6,7)15(14)2)11-10-12-18-21(8,9)17(3,4)5/h14,16H,2,10-13H2,1,3-9H3/t14-,16-/m1/s1. The summed E-state index contributed by atoms with van der Waals surface area (Å²) in [5.41, 5.74) is 0. The molecule has 1 aliphatic heterocycles. The summed E-state index contributed by atoms with van der Waals surface area (Å²) in [7, 11) is -3.26. The van der Waals surface area contributed by atoms with Crippen LogP contribution in [0.1, 0.15) is 47.0 Å². The zero-order chi connectivity index (χ0) is 16.5. The van der Waals surface area contributed by atoms with Crippen molar-refractivity contribution in [2.75, 3.05) is 6.61 Å². The Morgan fingerprint density at radius 2 is 1.90 bits per heavy atom. The van der Waals surface area contributed by atoms with Crippen molar-refractivity contribution in [3.05, 3.63) is 11.8 Å². The van der Waals surface area contributed by atoms with Crippen LogP contribution < -0.4 is 0 Å². The van der Waals surface area contributed by atoms with Gasteiger partial charge in [0.1, 0.15) is 0 Å². The lowest BCUT2D eigenvalue weighted by Gasteiger charge is -2.40. The largest absolute Gasteiger partial charge is 0.417 e. The molecule has 0 aliphatic carbocycles. The molecule has 0 radical (unpaired) electrons. The van der Waals surface area contributed by atoms with Crippen LogP contribution in [-0.4, -0.2) is 29.3 Å². The molecule has 1 heterocycles. The number of allylic oxidation sites excluding steroid dienone is 1. The molecular formula is C17H36O2Si2. The van der Waals surface area contributed by atoms with Crippen LogP contribution in [0.15, 0.2) is 11.8 Å². The molecule has 0 aromatic rings. The van der Waals surface area contributed by atoms with Crippen molar-refractivity contribution in [2.45, 2.75) is 84.3 Å². The van der Waals surface area contributed by atoms with E-state index in [1.54, 1.807) is 0 Å². The first kappa shape index (κ1) is 19.1. The Hall–Kier alpha value is 0.0938. The summed E-state index contributed by atoms with van der Waals surface area (Å²) in [5.74, 6) is 0.617. The molecule has 0 N–H and O–H groups in total.